The van der Waals surface area contributed by atoms with Crippen LogP contribution in [0.5, 0.6) is 11.5 Å². The molecular weight excluding hydrogens is 389 g/mol. The second-order valence-corrected chi connectivity index (χ2v) is 6.74. The Morgan fingerprint density at radius 1 is 1.32 bits per heavy atom. The molecule has 3 rings (SSSR count). The Balaban J connectivity index is 1.97. The van der Waals surface area contributed by atoms with Crippen LogP contribution in [0.25, 0.3) is 0 Å². The van der Waals surface area contributed by atoms with E-state index in [0.29, 0.717) is 11.4 Å². The minimum Gasteiger partial charge on any atom is -0.453 e. The van der Waals surface area contributed by atoms with Gasteiger partial charge < -0.3 is 15.0 Å². The van der Waals surface area contributed by atoms with E-state index in [-0.39, 0.29) is 23.1 Å². The third kappa shape index (κ3) is 3.88. The number of nitrogens with zero attached hydrogens (tertiary/aromatic N) is 1. The molecule has 2 aromatic rings. The first kappa shape index (κ1) is 19.9. The van der Waals surface area contributed by atoms with E-state index in [1.54, 1.807) is 7.05 Å². The van der Waals surface area contributed by atoms with E-state index < -0.39 is 17.9 Å². The van der Waals surface area contributed by atoms with Gasteiger partial charge in [0, 0.05) is 19.5 Å². The lowest BCUT2D eigenvalue weighted by molar-refractivity contribution is -0.120. The average Bonchev–Trinajstić information content (AvgIpc) is 2.65. The molecule has 0 fully saturated rings. The van der Waals surface area contributed by atoms with Gasteiger partial charge >= 0.3 is 6.03 Å². The average molecular weight is 408 g/mol. The molecule has 0 unspecified atom stereocenters. The monoisotopic (exact) mass is 407 g/mol. The van der Waals surface area contributed by atoms with E-state index in [4.69, 9.17) is 16.3 Å². The summed E-state index contributed by atoms with van der Waals surface area (Å²) in [5, 5.41) is 2.81. The Morgan fingerprint density at radius 2 is 2.07 bits per heavy atom. The topological polar surface area (TPSA) is 79.9 Å². The van der Waals surface area contributed by atoms with Gasteiger partial charge in [0.15, 0.2) is 5.75 Å². The van der Waals surface area contributed by atoms with Crippen LogP contribution in [0.2, 0.25) is 5.02 Å². The number of hydrogen-bond donors (Lipinski definition) is 2. The Hall–Kier alpha value is -2.84. The van der Waals surface area contributed by atoms with Crippen molar-refractivity contribution in [3.05, 3.63) is 52.3 Å². The number of urea groups is 1. The minimum atomic E-state index is -0.763. The summed E-state index contributed by atoms with van der Waals surface area (Å²) in [6.07, 6.45) is 0.267. The molecule has 1 atom stereocenters. The van der Waals surface area contributed by atoms with Crippen LogP contribution in [0.4, 0.5) is 14.9 Å². The second-order valence-electron chi connectivity index (χ2n) is 6.33. The van der Waals surface area contributed by atoms with Gasteiger partial charge in [0.25, 0.3) is 0 Å². The molecule has 0 aliphatic carbocycles. The molecule has 0 radical (unpaired) electrons. The van der Waals surface area contributed by atoms with E-state index in [1.807, 2.05) is 19.1 Å². The molecule has 7 nitrogen and oxygen atoms in total. The fourth-order valence-electron chi connectivity index (χ4n) is 3.08. The molecule has 2 N–H and O–H groups in total. The predicted octanol–water partition coefficient (Wildman–Crippen LogP) is 3.33. The van der Waals surface area contributed by atoms with Crippen molar-refractivity contribution >= 4 is 29.2 Å². The van der Waals surface area contributed by atoms with E-state index in [2.05, 4.69) is 15.6 Å². The largest absolute Gasteiger partial charge is 0.453 e. The van der Waals surface area contributed by atoms with Gasteiger partial charge in [0.2, 0.25) is 5.91 Å². The van der Waals surface area contributed by atoms with E-state index >= 15 is 0 Å². The van der Waals surface area contributed by atoms with Crippen molar-refractivity contribution in [1.29, 1.82) is 0 Å². The number of fused-ring (bicyclic) bond motifs is 1. The van der Waals surface area contributed by atoms with Gasteiger partial charge in [-0.1, -0.05) is 23.7 Å². The molecule has 28 heavy (non-hydrogen) atoms. The Kier molecular flexibility index (Phi) is 5.71. The van der Waals surface area contributed by atoms with Crippen molar-refractivity contribution in [2.45, 2.75) is 19.4 Å². The van der Waals surface area contributed by atoms with Gasteiger partial charge in [-0.2, -0.15) is 0 Å². The van der Waals surface area contributed by atoms with Crippen LogP contribution in [0.1, 0.15) is 11.1 Å². The van der Waals surface area contributed by atoms with Crippen molar-refractivity contribution < 1.29 is 23.6 Å². The maximum atomic E-state index is 13.6. The zero-order chi connectivity index (χ0) is 20.4. The van der Waals surface area contributed by atoms with Gasteiger partial charge in [0.1, 0.15) is 17.6 Å². The zero-order valence-corrected chi connectivity index (χ0v) is 16.3. The molecule has 0 aromatic heterocycles. The van der Waals surface area contributed by atoms with Gasteiger partial charge in [-0.05, 0) is 30.2 Å². The number of rotatable bonds is 4. The third-order valence-corrected chi connectivity index (χ3v) is 4.72. The highest BCUT2D eigenvalue weighted by Crippen LogP contribution is 2.42. The number of carbonyl (C=O) groups is 2. The lowest BCUT2D eigenvalue weighted by Gasteiger charge is -2.33. The fourth-order valence-corrected chi connectivity index (χ4v) is 3.24. The summed E-state index contributed by atoms with van der Waals surface area (Å²) in [5.74, 6) is -0.251. The van der Waals surface area contributed by atoms with Crippen LogP contribution in [-0.2, 0) is 16.1 Å². The molecule has 0 saturated heterocycles. The molecule has 3 amide bonds. The van der Waals surface area contributed by atoms with Gasteiger partial charge in [-0.3, -0.25) is 9.63 Å². The lowest BCUT2D eigenvalue weighted by Crippen LogP contribution is -2.53. The number of hydroxylamine groups is 1. The Bertz CT molecular complexity index is 938. The molecule has 1 aliphatic heterocycles. The molecular formula is C19H19ClFN3O4. The summed E-state index contributed by atoms with van der Waals surface area (Å²) in [4.78, 5) is 30.4. The number of nitrogens with one attached hydrogen (secondary N) is 2. The van der Waals surface area contributed by atoms with Crippen LogP contribution >= 0.6 is 11.6 Å². The lowest BCUT2D eigenvalue weighted by atomic mass is 9.95. The molecule has 9 heteroatoms. The van der Waals surface area contributed by atoms with Crippen molar-refractivity contribution in [3.63, 3.8) is 0 Å². The molecule has 0 bridgehead atoms. The highest BCUT2D eigenvalue weighted by atomic mass is 35.5. The number of carbonyl (C=O) groups excluding carboxylic acids is 2. The number of halogens is 2. The highest BCUT2D eigenvalue weighted by molar-refractivity contribution is 6.32. The smallest absolute Gasteiger partial charge is 0.339 e. The number of anilines is 1. The predicted molar refractivity (Wildman–Crippen MR) is 102 cm³/mol. The molecule has 148 valence electrons. The Morgan fingerprint density at radius 3 is 2.79 bits per heavy atom. The summed E-state index contributed by atoms with van der Waals surface area (Å²) < 4.78 is 19.5. The maximum absolute atomic E-state index is 13.6. The molecule has 1 heterocycles. The number of ether oxygens (including phenoxy) is 1. The standard InChI is InChI=1S/C19H19ClFN3O4/c1-10-4-5-11-8-14(22-19(26)23-27-3)18(25)24(2)16(11)17(10)28-15-9-12(21)6-7-13(15)20/h4-7,9,14H,8H2,1-3H3,(H2,22,23,26)/t14-/m1/s1. The summed E-state index contributed by atoms with van der Waals surface area (Å²) in [6.45, 7) is 1.82. The highest BCUT2D eigenvalue weighted by Gasteiger charge is 2.34. The summed E-state index contributed by atoms with van der Waals surface area (Å²) in [6, 6.07) is 6.13. The van der Waals surface area contributed by atoms with Crippen molar-refractivity contribution in [2.24, 2.45) is 0 Å². The van der Waals surface area contributed by atoms with Crippen molar-refractivity contribution in [3.8, 4) is 11.5 Å². The van der Waals surface area contributed by atoms with Gasteiger partial charge in [-0.15, -0.1) is 0 Å². The summed E-state index contributed by atoms with van der Waals surface area (Å²) in [7, 11) is 2.89. The number of aryl methyl sites for hydroxylation is 1. The fraction of sp³-hybridized carbons (Fsp3) is 0.263. The first-order valence-corrected chi connectivity index (χ1v) is 8.82. The maximum Gasteiger partial charge on any atom is 0.339 e. The molecule has 2 aromatic carbocycles. The van der Waals surface area contributed by atoms with Crippen LogP contribution < -0.4 is 20.4 Å². The van der Waals surface area contributed by atoms with Crippen molar-refractivity contribution in [1.82, 2.24) is 10.8 Å². The summed E-state index contributed by atoms with van der Waals surface area (Å²) in [5.41, 5.74) is 4.21. The second kappa shape index (κ2) is 8.04. The Labute approximate surface area is 166 Å². The summed E-state index contributed by atoms with van der Waals surface area (Å²) >= 11 is 6.12. The third-order valence-electron chi connectivity index (χ3n) is 4.41. The number of likely N-dealkylation sites (N-methyl/N-ethyl adjacent to an activating group) is 1. The zero-order valence-electron chi connectivity index (χ0n) is 15.5. The number of benzene rings is 2. The quantitative estimate of drug-likeness (QED) is 0.762. The number of amides is 3. The van der Waals surface area contributed by atoms with Crippen LogP contribution in [0.15, 0.2) is 30.3 Å². The molecule has 0 spiro atoms. The van der Waals surface area contributed by atoms with E-state index in [1.165, 1.54) is 30.2 Å². The molecule has 0 saturated carbocycles. The van der Waals surface area contributed by atoms with Gasteiger partial charge in [-0.25, -0.2) is 14.7 Å². The van der Waals surface area contributed by atoms with Crippen LogP contribution in [0, 0.1) is 12.7 Å². The number of hydrogen-bond acceptors (Lipinski definition) is 4. The van der Waals surface area contributed by atoms with Crippen molar-refractivity contribution in [2.75, 3.05) is 19.1 Å². The SMILES string of the molecule is CONC(=O)N[C@@H]1Cc2ccc(C)c(Oc3cc(F)ccc3Cl)c2N(C)C1=O. The normalized spacial score (nSPS) is 15.8. The van der Waals surface area contributed by atoms with Crippen LogP contribution in [0.3, 0.4) is 0 Å². The van der Waals surface area contributed by atoms with E-state index in [9.17, 15) is 14.0 Å². The van der Waals surface area contributed by atoms with Gasteiger partial charge in [0.05, 0.1) is 17.8 Å². The molecule has 1 aliphatic rings. The van der Waals surface area contributed by atoms with E-state index in [0.717, 1.165) is 11.1 Å². The minimum absolute atomic E-state index is 0.152. The van der Waals surface area contributed by atoms with Crippen LogP contribution in [-0.4, -0.2) is 32.1 Å². The first-order chi connectivity index (χ1) is 13.3. The first-order valence-electron chi connectivity index (χ1n) is 8.44.